The Labute approximate surface area is 120 Å². The Kier molecular flexibility index (Phi) is 5.80. The lowest BCUT2D eigenvalue weighted by Gasteiger charge is -2.32. The summed E-state index contributed by atoms with van der Waals surface area (Å²) in [5, 5.41) is 12.6. The minimum Gasteiger partial charge on any atom is -0.505 e. The second kappa shape index (κ2) is 7.60. The fraction of sp³-hybridized carbons (Fsp3) is 0.625. The molecule has 4 heteroatoms. The Morgan fingerprint density at radius 1 is 1.35 bits per heavy atom. The first-order chi connectivity index (χ1) is 9.69. The molecule has 0 amide bonds. The number of piperidine rings is 1. The Morgan fingerprint density at radius 2 is 2.10 bits per heavy atom. The second-order valence-corrected chi connectivity index (χ2v) is 5.64. The summed E-state index contributed by atoms with van der Waals surface area (Å²) in [6.07, 6.45) is 4.85. The highest BCUT2D eigenvalue weighted by Gasteiger charge is 2.18. The number of nitrogens with zero attached hydrogens (tertiary/aromatic N) is 1. The molecule has 0 atom stereocenters. The van der Waals surface area contributed by atoms with Crippen molar-refractivity contribution >= 4 is 0 Å². The van der Waals surface area contributed by atoms with E-state index in [0.717, 1.165) is 31.5 Å². The highest BCUT2D eigenvalue weighted by molar-refractivity contribution is 5.27. The minimum atomic E-state index is -0.543. The van der Waals surface area contributed by atoms with E-state index in [9.17, 15) is 4.39 Å². The van der Waals surface area contributed by atoms with Gasteiger partial charge in [-0.3, -0.25) is 0 Å². The van der Waals surface area contributed by atoms with Crippen LogP contribution in [-0.2, 0) is 6.54 Å². The van der Waals surface area contributed by atoms with Crippen LogP contribution in [0.5, 0.6) is 5.75 Å². The standard InChI is InChI=1S/C16H25FN2O/c1-2-3-8-19-9-6-14(7-10-19)18-12-13-4-5-16(20)15(17)11-13/h4-5,11,14,18,20H,2-3,6-10,12H2,1H3. The zero-order valence-electron chi connectivity index (χ0n) is 12.2. The van der Waals surface area contributed by atoms with Crippen LogP contribution in [-0.4, -0.2) is 35.7 Å². The van der Waals surface area contributed by atoms with Crippen LogP contribution >= 0.6 is 0 Å². The van der Waals surface area contributed by atoms with Crippen LogP contribution in [0.25, 0.3) is 0 Å². The fourth-order valence-corrected chi connectivity index (χ4v) is 2.66. The smallest absolute Gasteiger partial charge is 0.165 e. The number of phenolic OH excluding ortho intramolecular Hbond substituents is 1. The van der Waals surface area contributed by atoms with Gasteiger partial charge < -0.3 is 15.3 Å². The normalized spacial score (nSPS) is 17.5. The lowest BCUT2D eigenvalue weighted by atomic mass is 10.0. The van der Waals surface area contributed by atoms with E-state index in [0.29, 0.717) is 12.6 Å². The van der Waals surface area contributed by atoms with Crippen LogP contribution in [0, 0.1) is 5.82 Å². The van der Waals surface area contributed by atoms with Crippen molar-refractivity contribution in [2.24, 2.45) is 0 Å². The summed E-state index contributed by atoms with van der Waals surface area (Å²) in [4.78, 5) is 2.53. The molecule has 1 heterocycles. The van der Waals surface area contributed by atoms with Gasteiger partial charge in [-0.1, -0.05) is 19.4 Å². The zero-order valence-corrected chi connectivity index (χ0v) is 12.2. The van der Waals surface area contributed by atoms with Gasteiger partial charge in [0.05, 0.1) is 0 Å². The van der Waals surface area contributed by atoms with E-state index in [2.05, 4.69) is 17.1 Å². The zero-order chi connectivity index (χ0) is 14.4. The molecule has 0 bridgehead atoms. The summed E-state index contributed by atoms with van der Waals surface area (Å²) >= 11 is 0. The predicted molar refractivity (Wildman–Crippen MR) is 79.3 cm³/mol. The molecular weight excluding hydrogens is 255 g/mol. The number of halogens is 1. The summed E-state index contributed by atoms with van der Waals surface area (Å²) < 4.78 is 13.2. The number of nitrogens with one attached hydrogen (secondary N) is 1. The van der Waals surface area contributed by atoms with Gasteiger partial charge in [-0.05, 0) is 56.6 Å². The number of rotatable bonds is 6. The van der Waals surface area contributed by atoms with Crippen molar-refractivity contribution in [3.05, 3.63) is 29.6 Å². The average Bonchev–Trinajstić information content (AvgIpc) is 2.47. The number of hydrogen-bond donors (Lipinski definition) is 2. The monoisotopic (exact) mass is 280 g/mol. The molecule has 1 aromatic carbocycles. The average molecular weight is 280 g/mol. The number of hydrogen-bond acceptors (Lipinski definition) is 3. The number of benzene rings is 1. The van der Waals surface area contributed by atoms with Crippen molar-refractivity contribution in [3.8, 4) is 5.75 Å². The third kappa shape index (κ3) is 4.46. The van der Waals surface area contributed by atoms with Gasteiger partial charge in [0.25, 0.3) is 0 Å². The minimum absolute atomic E-state index is 0.280. The van der Waals surface area contributed by atoms with Gasteiger partial charge in [-0.15, -0.1) is 0 Å². The van der Waals surface area contributed by atoms with Crippen LogP contribution in [0.3, 0.4) is 0 Å². The maximum Gasteiger partial charge on any atom is 0.165 e. The third-order valence-corrected chi connectivity index (χ3v) is 4.02. The Hall–Kier alpha value is -1.13. The van der Waals surface area contributed by atoms with Crippen molar-refractivity contribution in [2.75, 3.05) is 19.6 Å². The van der Waals surface area contributed by atoms with E-state index < -0.39 is 5.82 Å². The van der Waals surface area contributed by atoms with Crippen molar-refractivity contribution in [2.45, 2.75) is 45.2 Å². The van der Waals surface area contributed by atoms with Crippen LogP contribution in [0.15, 0.2) is 18.2 Å². The molecule has 0 saturated carbocycles. The number of likely N-dealkylation sites (tertiary alicyclic amines) is 1. The summed E-state index contributed by atoms with van der Waals surface area (Å²) in [5.74, 6) is -0.823. The summed E-state index contributed by atoms with van der Waals surface area (Å²) in [7, 11) is 0. The van der Waals surface area contributed by atoms with E-state index >= 15 is 0 Å². The molecule has 0 aliphatic carbocycles. The van der Waals surface area contributed by atoms with E-state index in [1.54, 1.807) is 6.07 Å². The molecule has 20 heavy (non-hydrogen) atoms. The van der Waals surface area contributed by atoms with Gasteiger partial charge in [-0.2, -0.15) is 0 Å². The quantitative estimate of drug-likeness (QED) is 0.841. The molecular formula is C16H25FN2O. The predicted octanol–water partition coefficient (Wildman–Crippen LogP) is 2.89. The van der Waals surface area contributed by atoms with Crippen LogP contribution in [0.2, 0.25) is 0 Å². The lowest BCUT2D eigenvalue weighted by molar-refractivity contribution is 0.195. The van der Waals surface area contributed by atoms with Crippen LogP contribution in [0.1, 0.15) is 38.2 Å². The third-order valence-electron chi connectivity index (χ3n) is 4.02. The SMILES string of the molecule is CCCCN1CCC(NCc2ccc(O)c(F)c2)CC1. The highest BCUT2D eigenvalue weighted by atomic mass is 19.1. The van der Waals surface area contributed by atoms with Crippen molar-refractivity contribution in [3.63, 3.8) is 0 Å². The van der Waals surface area contributed by atoms with Gasteiger partial charge in [0.1, 0.15) is 0 Å². The van der Waals surface area contributed by atoms with Crippen molar-refractivity contribution in [1.82, 2.24) is 10.2 Å². The topological polar surface area (TPSA) is 35.5 Å². The van der Waals surface area contributed by atoms with Crippen molar-refractivity contribution < 1.29 is 9.50 Å². The van der Waals surface area contributed by atoms with E-state index in [1.165, 1.54) is 31.5 Å². The lowest BCUT2D eigenvalue weighted by Crippen LogP contribution is -2.42. The second-order valence-electron chi connectivity index (χ2n) is 5.64. The number of aromatic hydroxyl groups is 1. The Bertz CT molecular complexity index is 417. The molecule has 1 aromatic rings. The van der Waals surface area contributed by atoms with E-state index in [1.807, 2.05) is 0 Å². The molecule has 2 N–H and O–H groups in total. The summed E-state index contributed by atoms with van der Waals surface area (Å²) in [6, 6.07) is 5.10. The molecule has 0 aromatic heterocycles. The Balaban J connectivity index is 1.71. The van der Waals surface area contributed by atoms with Crippen LogP contribution in [0.4, 0.5) is 4.39 Å². The molecule has 1 aliphatic rings. The molecule has 0 unspecified atom stereocenters. The molecule has 1 fully saturated rings. The van der Waals surface area contributed by atoms with Gasteiger partial charge >= 0.3 is 0 Å². The first kappa shape index (κ1) is 15.3. The number of phenols is 1. The van der Waals surface area contributed by atoms with Gasteiger partial charge in [0.15, 0.2) is 11.6 Å². The summed E-state index contributed by atoms with van der Waals surface area (Å²) in [5.41, 5.74) is 0.883. The van der Waals surface area contributed by atoms with Gasteiger partial charge in [0.2, 0.25) is 0 Å². The number of unbranched alkanes of at least 4 members (excludes halogenated alkanes) is 1. The maximum atomic E-state index is 13.2. The molecule has 0 radical (unpaired) electrons. The molecule has 3 nitrogen and oxygen atoms in total. The molecule has 0 spiro atoms. The van der Waals surface area contributed by atoms with Crippen molar-refractivity contribution in [1.29, 1.82) is 0 Å². The van der Waals surface area contributed by atoms with E-state index in [-0.39, 0.29) is 5.75 Å². The highest BCUT2D eigenvalue weighted by Crippen LogP contribution is 2.17. The molecule has 1 saturated heterocycles. The Morgan fingerprint density at radius 3 is 2.75 bits per heavy atom. The van der Waals surface area contributed by atoms with E-state index in [4.69, 9.17) is 5.11 Å². The van der Waals surface area contributed by atoms with Crippen LogP contribution < -0.4 is 5.32 Å². The molecule has 112 valence electrons. The van der Waals surface area contributed by atoms with Gasteiger partial charge in [-0.25, -0.2) is 4.39 Å². The summed E-state index contributed by atoms with van der Waals surface area (Å²) in [6.45, 7) is 6.41. The van der Waals surface area contributed by atoms with Gasteiger partial charge in [0, 0.05) is 12.6 Å². The fourth-order valence-electron chi connectivity index (χ4n) is 2.66. The molecule has 1 aliphatic heterocycles. The molecule has 2 rings (SSSR count). The first-order valence-corrected chi connectivity index (χ1v) is 7.62. The maximum absolute atomic E-state index is 13.2. The largest absolute Gasteiger partial charge is 0.505 e. The first-order valence-electron chi connectivity index (χ1n) is 7.62.